The molecule has 0 radical (unpaired) electrons. The van der Waals surface area contributed by atoms with E-state index >= 15 is 0 Å². The number of hydrogen-bond acceptors (Lipinski definition) is 8. The van der Waals surface area contributed by atoms with Gasteiger partial charge in [0.25, 0.3) is 0 Å². The van der Waals surface area contributed by atoms with E-state index in [4.69, 9.17) is 0 Å². The highest BCUT2D eigenvalue weighted by Crippen LogP contribution is 2.38. The van der Waals surface area contributed by atoms with Crippen LogP contribution in [0.4, 0.5) is 0 Å². The summed E-state index contributed by atoms with van der Waals surface area (Å²) in [6.45, 7) is 0. The molecule has 0 amide bonds. The van der Waals surface area contributed by atoms with Crippen LogP contribution in [0.25, 0.3) is 21.5 Å². The molecule has 8 aromatic carbocycles. The average Bonchev–Trinajstić information content (AvgIpc) is 3.24. The van der Waals surface area contributed by atoms with Crippen molar-refractivity contribution in [1.82, 2.24) is 0 Å². The first-order valence-corrected chi connectivity index (χ1v) is 17.5. The Morgan fingerprint density at radius 3 is 0.661 bits per heavy atom. The number of fused-ring (bicyclic) bond motifs is 2. The molecule has 0 fully saturated rings. The number of benzene rings is 8. The van der Waals surface area contributed by atoms with Gasteiger partial charge in [-0.05, 0) is 35.0 Å². The first kappa shape index (κ1) is 36.5. The topological polar surface area (TPSA) is 149 Å². The molecule has 0 aromatic heterocycles. The molecule has 272 valence electrons. The Balaban J connectivity index is 0.000000172. The molecular formula is C48H32O8. The van der Waals surface area contributed by atoms with E-state index < -0.39 is 23.1 Å². The molecule has 0 saturated heterocycles. The summed E-state index contributed by atoms with van der Waals surface area (Å²) in [5, 5.41) is 43.6. The van der Waals surface area contributed by atoms with Gasteiger partial charge in [0, 0.05) is 33.0 Å². The molecular weight excluding hydrogens is 705 g/mol. The predicted octanol–water partition coefficient (Wildman–Crippen LogP) is 9.43. The average molecular weight is 737 g/mol. The fourth-order valence-corrected chi connectivity index (χ4v) is 6.65. The molecule has 0 saturated carbocycles. The van der Waals surface area contributed by atoms with Crippen LogP contribution in [0.3, 0.4) is 0 Å². The van der Waals surface area contributed by atoms with Crippen LogP contribution in [0.5, 0.6) is 23.0 Å². The van der Waals surface area contributed by atoms with Crippen molar-refractivity contribution in [3.05, 3.63) is 214 Å². The van der Waals surface area contributed by atoms with Crippen molar-refractivity contribution >= 4 is 44.7 Å². The molecule has 0 aliphatic heterocycles. The number of phenols is 4. The zero-order valence-corrected chi connectivity index (χ0v) is 29.6. The third kappa shape index (κ3) is 6.98. The summed E-state index contributed by atoms with van der Waals surface area (Å²) < 4.78 is 0. The molecule has 8 rings (SSSR count). The first-order chi connectivity index (χ1) is 27.2. The summed E-state index contributed by atoms with van der Waals surface area (Å²) in [7, 11) is 0. The maximum Gasteiger partial charge on any atom is 0.197 e. The molecule has 0 unspecified atom stereocenters. The number of carbonyl (C=O) groups is 4. The Kier molecular flexibility index (Phi) is 10.2. The Hall–Kier alpha value is -7.84. The molecule has 4 N–H and O–H groups in total. The maximum absolute atomic E-state index is 13.2. The van der Waals surface area contributed by atoms with Gasteiger partial charge in [0.1, 0.15) is 23.0 Å². The van der Waals surface area contributed by atoms with E-state index in [1.165, 1.54) is 24.3 Å². The van der Waals surface area contributed by atoms with Gasteiger partial charge in [-0.25, -0.2) is 0 Å². The van der Waals surface area contributed by atoms with Crippen LogP contribution in [0, 0.1) is 0 Å². The van der Waals surface area contributed by atoms with Gasteiger partial charge in [-0.2, -0.15) is 0 Å². The summed E-state index contributed by atoms with van der Waals surface area (Å²) in [4.78, 5) is 52.6. The van der Waals surface area contributed by atoms with E-state index in [-0.39, 0.29) is 56.0 Å². The van der Waals surface area contributed by atoms with Crippen molar-refractivity contribution in [2.75, 3.05) is 0 Å². The maximum atomic E-state index is 13.2. The Bertz CT molecular complexity index is 2400. The van der Waals surface area contributed by atoms with E-state index in [1.54, 1.807) is 146 Å². The quantitative estimate of drug-likeness (QED) is 0.113. The highest BCUT2D eigenvalue weighted by Gasteiger charge is 2.26. The lowest BCUT2D eigenvalue weighted by Crippen LogP contribution is -2.08. The van der Waals surface area contributed by atoms with Crippen LogP contribution in [-0.4, -0.2) is 43.6 Å². The van der Waals surface area contributed by atoms with Gasteiger partial charge in [0.2, 0.25) is 0 Å². The largest absolute Gasteiger partial charge is 0.507 e. The second-order valence-electron chi connectivity index (χ2n) is 12.8. The van der Waals surface area contributed by atoms with Crippen molar-refractivity contribution in [3.63, 3.8) is 0 Å². The molecule has 8 aromatic rings. The zero-order valence-electron chi connectivity index (χ0n) is 29.6. The fraction of sp³-hybridized carbons (Fsp3) is 0. The van der Waals surface area contributed by atoms with Crippen molar-refractivity contribution in [1.29, 1.82) is 0 Å². The summed E-state index contributed by atoms with van der Waals surface area (Å²) in [6, 6.07) is 46.2. The van der Waals surface area contributed by atoms with Gasteiger partial charge in [-0.3, -0.25) is 19.2 Å². The van der Waals surface area contributed by atoms with Crippen LogP contribution >= 0.6 is 0 Å². The molecule has 0 aliphatic rings. The molecule has 0 atom stereocenters. The lowest BCUT2D eigenvalue weighted by atomic mass is 9.89. The number of aromatic hydroxyl groups is 4. The Labute approximate surface area is 320 Å². The lowest BCUT2D eigenvalue weighted by molar-refractivity contribution is 0.102. The number of rotatable bonds is 8. The minimum absolute atomic E-state index is 0.00104. The normalized spacial score (nSPS) is 10.7. The van der Waals surface area contributed by atoms with E-state index in [0.29, 0.717) is 33.0 Å². The standard InChI is InChI=1S/2C24H16O4/c2*25-18-13-11-15-12-14-19(26)22(24(28)17-9-5-2-6-10-17)20(15)21(18)23(27)16-7-3-1-4-8-16/h2*1-14,25-26H. The summed E-state index contributed by atoms with van der Waals surface area (Å²) >= 11 is 0. The van der Waals surface area contributed by atoms with Crippen molar-refractivity contribution in [2.24, 2.45) is 0 Å². The van der Waals surface area contributed by atoms with Crippen LogP contribution < -0.4 is 0 Å². The molecule has 0 heterocycles. The third-order valence-corrected chi connectivity index (χ3v) is 9.34. The number of carbonyl (C=O) groups excluding carboxylic acids is 4. The summed E-state index contributed by atoms with van der Waals surface area (Å²) in [5.41, 5.74) is 1.52. The zero-order chi connectivity index (χ0) is 39.3. The highest BCUT2D eigenvalue weighted by atomic mass is 16.3. The van der Waals surface area contributed by atoms with Gasteiger partial charge < -0.3 is 20.4 Å². The Morgan fingerprint density at radius 2 is 0.464 bits per heavy atom. The van der Waals surface area contributed by atoms with E-state index in [2.05, 4.69) is 0 Å². The fourth-order valence-electron chi connectivity index (χ4n) is 6.65. The van der Waals surface area contributed by atoms with Crippen LogP contribution in [-0.2, 0) is 0 Å². The smallest absolute Gasteiger partial charge is 0.197 e. The van der Waals surface area contributed by atoms with Crippen LogP contribution in [0.15, 0.2) is 170 Å². The number of ketones is 4. The van der Waals surface area contributed by atoms with Crippen molar-refractivity contribution in [2.45, 2.75) is 0 Å². The van der Waals surface area contributed by atoms with Crippen molar-refractivity contribution in [3.8, 4) is 23.0 Å². The van der Waals surface area contributed by atoms with E-state index in [9.17, 15) is 39.6 Å². The van der Waals surface area contributed by atoms with Gasteiger partial charge in [-0.15, -0.1) is 0 Å². The molecule has 56 heavy (non-hydrogen) atoms. The van der Waals surface area contributed by atoms with Gasteiger partial charge >= 0.3 is 0 Å². The molecule has 0 bridgehead atoms. The molecule has 8 heteroatoms. The molecule has 0 aliphatic carbocycles. The minimum atomic E-state index is -0.420. The van der Waals surface area contributed by atoms with Crippen molar-refractivity contribution < 1.29 is 39.6 Å². The van der Waals surface area contributed by atoms with Crippen LogP contribution in [0.1, 0.15) is 63.7 Å². The van der Waals surface area contributed by atoms with E-state index in [1.807, 2.05) is 0 Å². The predicted molar refractivity (Wildman–Crippen MR) is 214 cm³/mol. The first-order valence-electron chi connectivity index (χ1n) is 17.5. The van der Waals surface area contributed by atoms with Gasteiger partial charge in [0.15, 0.2) is 23.1 Å². The number of hydrogen-bond donors (Lipinski definition) is 4. The summed E-state index contributed by atoms with van der Waals surface area (Å²) in [5.74, 6) is -2.65. The Morgan fingerprint density at radius 1 is 0.268 bits per heavy atom. The monoisotopic (exact) mass is 736 g/mol. The third-order valence-electron chi connectivity index (χ3n) is 9.34. The summed E-state index contributed by atoms with van der Waals surface area (Å²) in [6.07, 6.45) is 0. The minimum Gasteiger partial charge on any atom is -0.507 e. The lowest BCUT2D eigenvalue weighted by Gasteiger charge is -2.14. The van der Waals surface area contributed by atoms with Crippen LogP contribution in [0.2, 0.25) is 0 Å². The second-order valence-corrected chi connectivity index (χ2v) is 12.8. The number of phenolic OH excluding ortho intramolecular Hbond substituents is 4. The second kappa shape index (κ2) is 15.6. The molecule has 8 nitrogen and oxygen atoms in total. The SMILES string of the molecule is O=C(c1ccccc1)c1c(O)ccc2ccc(O)c(C(=O)c3ccccc3)c12.O=C(c1ccccc1)c1c(O)ccc2ccc(O)c(C(=O)c3ccccc3)c12. The highest BCUT2D eigenvalue weighted by molar-refractivity contribution is 6.27. The molecule has 0 spiro atoms. The van der Waals surface area contributed by atoms with Gasteiger partial charge in [0.05, 0.1) is 22.3 Å². The van der Waals surface area contributed by atoms with Gasteiger partial charge in [-0.1, -0.05) is 146 Å². The van der Waals surface area contributed by atoms with E-state index in [0.717, 1.165) is 0 Å².